The normalized spacial score (nSPS) is 12.4. The Morgan fingerprint density at radius 1 is 1.22 bits per heavy atom. The first-order valence-corrected chi connectivity index (χ1v) is 6.76. The van der Waals surface area contributed by atoms with Crippen LogP contribution in [-0.2, 0) is 0 Å². The number of nitrogens with one attached hydrogen (secondary N) is 1. The molecule has 1 unspecified atom stereocenters. The van der Waals surface area contributed by atoms with E-state index in [1.807, 2.05) is 30.3 Å². The Morgan fingerprint density at radius 3 is 2.56 bits per heavy atom. The summed E-state index contributed by atoms with van der Waals surface area (Å²) in [5.74, 6) is 5.68. The molecule has 18 heavy (non-hydrogen) atoms. The largest absolute Gasteiger partial charge is 0.271 e. The van der Waals surface area contributed by atoms with Crippen molar-refractivity contribution in [3.63, 3.8) is 0 Å². The van der Waals surface area contributed by atoms with Crippen molar-refractivity contribution in [1.29, 1.82) is 0 Å². The Hall–Kier alpha value is -0.870. The highest BCUT2D eigenvalue weighted by Crippen LogP contribution is 2.29. The van der Waals surface area contributed by atoms with Gasteiger partial charge in [0.1, 0.15) is 0 Å². The highest BCUT2D eigenvalue weighted by Gasteiger charge is 2.15. The number of rotatable bonds is 3. The zero-order chi connectivity index (χ0) is 13.1. The van der Waals surface area contributed by atoms with Crippen LogP contribution in [0.2, 0.25) is 5.02 Å². The van der Waals surface area contributed by atoms with Crippen molar-refractivity contribution in [2.45, 2.75) is 13.0 Å². The fraction of sp³-hybridized carbons (Fsp3) is 0.143. The Kier molecular flexibility index (Phi) is 4.40. The standard InChI is InChI=1S/C14H14BrClN2/c1-9-6-10(8-11(15)7-9)14(18-17)12-4-2-3-5-13(12)16/h2-8,14,18H,17H2,1H3. The molecule has 2 rings (SSSR count). The number of hydrogen-bond acceptors (Lipinski definition) is 2. The maximum atomic E-state index is 6.22. The molecule has 0 aliphatic rings. The molecule has 94 valence electrons. The first-order valence-electron chi connectivity index (χ1n) is 5.59. The fourth-order valence-electron chi connectivity index (χ4n) is 2.01. The van der Waals surface area contributed by atoms with Gasteiger partial charge in [0.2, 0.25) is 0 Å². The van der Waals surface area contributed by atoms with Crippen LogP contribution in [0.3, 0.4) is 0 Å². The first-order chi connectivity index (χ1) is 8.61. The van der Waals surface area contributed by atoms with Crippen molar-refractivity contribution in [3.05, 3.63) is 68.7 Å². The van der Waals surface area contributed by atoms with Gasteiger partial charge in [0.15, 0.2) is 0 Å². The van der Waals surface area contributed by atoms with Gasteiger partial charge in [0.05, 0.1) is 6.04 Å². The lowest BCUT2D eigenvalue weighted by atomic mass is 9.98. The Morgan fingerprint density at radius 2 is 1.94 bits per heavy atom. The van der Waals surface area contributed by atoms with Crippen LogP contribution in [0.25, 0.3) is 0 Å². The van der Waals surface area contributed by atoms with E-state index in [4.69, 9.17) is 17.4 Å². The number of hydrazine groups is 1. The number of benzene rings is 2. The van der Waals surface area contributed by atoms with Crippen molar-refractivity contribution in [1.82, 2.24) is 5.43 Å². The Labute approximate surface area is 120 Å². The predicted octanol–water partition coefficient (Wildman–Crippen LogP) is 3.96. The molecule has 0 heterocycles. The third kappa shape index (κ3) is 2.93. The van der Waals surface area contributed by atoms with Crippen molar-refractivity contribution in [2.75, 3.05) is 0 Å². The average Bonchev–Trinajstić information content (AvgIpc) is 2.31. The summed E-state index contributed by atoms with van der Waals surface area (Å²) in [6, 6.07) is 13.8. The van der Waals surface area contributed by atoms with Gasteiger partial charge in [-0.05, 0) is 41.8 Å². The molecule has 0 spiro atoms. The number of nitrogens with two attached hydrogens (primary N) is 1. The monoisotopic (exact) mass is 324 g/mol. The second-order valence-electron chi connectivity index (χ2n) is 4.18. The van der Waals surface area contributed by atoms with Crippen LogP contribution in [0.15, 0.2) is 46.9 Å². The molecule has 0 fully saturated rings. The van der Waals surface area contributed by atoms with E-state index < -0.39 is 0 Å². The summed E-state index contributed by atoms with van der Waals surface area (Å²) in [5.41, 5.74) is 6.05. The van der Waals surface area contributed by atoms with Crippen molar-refractivity contribution < 1.29 is 0 Å². The van der Waals surface area contributed by atoms with Gasteiger partial charge in [0.25, 0.3) is 0 Å². The summed E-state index contributed by atoms with van der Waals surface area (Å²) in [6.45, 7) is 2.05. The summed E-state index contributed by atoms with van der Waals surface area (Å²) in [7, 11) is 0. The lowest BCUT2D eigenvalue weighted by Gasteiger charge is -2.19. The number of hydrogen-bond donors (Lipinski definition) is 2. The lowest BCUT2D eigenvalue weighted by molar-refractivity contribution is 0.636. The van der Waals surface area contributed by atoms with Crippen LogP contribution in [0.5, 0.6) is 0 Å². The zero-order valence-electron chi connectivity index (χ0n) is 9.95. The van der Waals surface area contributed by atoms with Gasteiger partial charge in [-0.1, -0.05) is 51.8 Å². The van der Waals surface area contributed by atoms with Gasteiger partial charge in [-0.2, -0.15) is 0 Å². The molecule has 0 amide bonds. The molecule has 0 saturated heterocycles. The molecule has 0 saturated carbocycles. The van der Waals surface area contributed by atoms with Gasteiger partial charge in [-0.3, -0.25) is 5.84 Å². The van der Waals surface area contributed by atoms with E-state index in [9.17, 15) is 0 Å². The maximum absolute atomic E-state index is 6.22. The molecule has 0 bridgehead atoms. The minimum atomic E-state index is -0.116. The van der Waals surface area contributed by atoms with E-state index in [2.05, 4.69) is 40.4 Å². The van der Waals surface area contributed by atoms with Crippen LogP contribution >= 0.6 is 27.5 Å². The van der Waals surface area contributed by atoms with Crippen molar-refractivity contribution in [2.24, 2.45) is 5.84 Å². The highest BCUT2D eigenvalue weighted by molar-refractivity contribution is 9.10. The second-order valence-corrected chi connectivity index (χ2v) is 5.51. The first kappa shape index (κ1) is 13.6. The minimum Gasteiger partial charge on any atom is -0.271 e. The third-order valence-electron chi connectivity index (χ3n) is 2.78. The Bertz CT molecular complexity index is 537. The highest BCUT2D eigenvalue weighted by atomic mass is 79.9. The molecule has 2 aromatic carbocycles. The molecule has 4 heteroatoms. The fourth-order valence-corrected chi connectivity index (χ4v) is 2.88. The van der Waals surface area contributed by atoms with E-state index in [0.29, 0.717) is 5.02 Å². The van der Waals surface area contributed by atoms with E-state index >= 15 is 0 Å². The predicted molar refractivity (Wildman–Crippen MR) is 79.5 cm³/mol. The molecule has 0 aliphatic carbocycles. The average molecular weight is 326 g/mol. The molecule has 0 radical (unpaired) electrons. The minimum absolute atomic E-state index is 0.116. The number of aryl methyl sites for hydroxylation is 1. The molecular weight excluding hydrogens is 312 g/mol. The summed E-state index contributed by atoms with van der Waals surface area (Å²) >= 11 is 9.72. The molecule has 1 atom stereocenters. The quantitative estimate of drug-likeness (QED) is 0.662. The second kappa shape index (κ2) is 5.85. The van der Waals surface area contributed by atoms with Gasteiger partial charge in [0, 0.05) is 9.50 Å². The van der Waals surface area contributed by atoms with Gasteiger partial charge in [-0.15, -0.1) is 0 Å². The van der Waals surface area contributed by atoms with Crippen LogP contribution in [0.1, 0.15) is 22.7 Å². The van der Waals surface area contributed by atoms with Crippen LogP contribution in [-0.4, -0.2) is 0 Å². The summed E-state index contributed by atoms with van der Waals surface area (Å²) in [5, 5.41) is 0.707. The summed E-state index contributed by atoms with van der Waals surface area (Å²) in [4.78, 5) is 0. The molecule has 3 N–H and O–H groups in total. The molecule has 0 aromatic heterocycles. The summed E-state index contributed by atoms with van der Waals surface area (Å²) < 4.78 is 1.03. The van der Waals surface area contributed by atoms with E-state index in [0.717, 1.165) is 15.6 Å². The van der Waals surface area contributed by atoms with Crippen LogP contribution < -0.4 is 11.3 Å². The molecule has 0 aliphatic heterocycles. The van der Waals surface area contributed by atoms with Crippen LogP contribution in [0, 0.1) is 6.92 Å². The zero-order valence-corrected chi connectivity index (χ0v) is 12.3. The third-order valence-corrected chi connectivity index (χ3v) is 3.58. The number of halogens is 2. The van der Waals surface area contributed by atoms with E-state index in [-0.39, 0.29) is 6.04 Å². The van der Waals surface area contributed by atoms with Crippen molar-refractivity contribution in [3.8, 4) is 0 Å². The van der Waals surface area contributed by atoms with Gasteiger partial charge in [-0.25, -0.2) is 5.43 Å². The molecular formula is C14H14BrClN2. The summed E-state index contributed by atoms with van der Waals surface area (Å²) in [6.07, 6.45) is 0. The molecule has 2 nitrogen and oxygen atoms in total. The van der Waals surface area contributed by atoms with Gasteiger partial charge < -0.3 is 0 Å². The van der Waals surface area contributed by atoms with Crippen molar-refractivity contribution >= 4 is 27.5 Å². The van der Waals surface area contributed by atoms with Crippen LogP contribution in [0.4, 0.5) is 0 Å². The Balaban J connectivity index is 2.48. The molecule has 2 aromatic rings. The van der Waals surface area contributed by atoms with E-state index in [1.54, 1.807) is 0 Å². The topological polar surface area (TPSA) is 38.0 Å². The SMILES string of the molecule is Cc1cc(Br)cc(C(NN)c2ccccc2Cl)c1. The lowest BCUT2D eigenvalue weighted by Crippen LogP contribution is -2.29. The van der Waals surface area contributed by atoms with Gasteiger partial charge >= 0.3 is 0 Å². The smallest absolute Gasteiger partial charge is 0.0725 e. The maximum Gasteiger partial charge on any atom is 0.0725 e. The van der Waals surface area contributed by atoms with E-state index in [1.165, 1.54) is 5.56 Å².